The monoisotopic (exact) mass is 586 g/mol. The van der Waals surface area contributed by atoms with Gasteiger partial charge in [-0.2, -0.15) is 0 Å². The average Bonchev–Trinajstić information content (AvgIpc) is 3.14. The van der Waals surface area contributed by atoms with E-state index in [-0.39, 0.29) is 58.0 Å². The van der Waals surface area contributed by atoms with E-state index in [2.05, 4.69) is 0 Å². The van der Waals surface area contributed by atoms with Gasteiger partial charge in [0.1, 0.15) is 45.8 Å². The van der Waals surface area contributed by atoms with E-state index in [9.17, 15) is 35.4 Å². The zero-order chi connectivity index (χ0) is 31.1. The van der Waals surface area contributed by atoms with E-state index in [1.54, 1.807) is 12.1 Å². The lowest BCUT2D eigenvalue weighted by Crippen LogP contribution is -2.62. The second-order valence-electron chi connectivity index (χ2n) is 12.7. The van der Waals surface area contributed by atoms with Crippen LogP contribution in [-0.4, -0.2) is 42.2 Å². The Bertz CT molecular complexity index is 1750. The van der Waals surface area contributed by atoms with Crippen LogP contribution in [0, 0.1) is 5.41 Å². The highest BCUT2D eigenvalue weighted by Crippen LogP contribution is 2.60. The molecule has 6 rings (SSSR count). The SMILES string of the molecule is CC(C)=CCC12Oc3cc(O)c(C4=CC(C)(C)CC(c5ccc(O)cc5O)C4)c(O)c3C(=O)C1(O)Oc1cc(O)ccc12. The van der Waals surface area contributed by atoms with Crippen molar-refractivity contribution in [2.24, 2.45) is 5.41 Å². The van der Waals surface area contributed by atoms with E-state index in [4.69, 9.17) is 9.47 Å². The highest BCUT2D eigenvalue weighted by atomic mass is 16.7. The summed E-state index contributed by atoms with van der Waals surface area (Å²) in [7, 11) is 0. The number of carbonyl (C=O) groups excluding carboxylic acids is 1. The Morgan fingerprint density at radius 1 is 0.907 bits per heavy atom. The highest BCUT2D eigenvalue weighted by molar-refractivity contribution is 6.10. The van der Waals surface area contributed by atoms with Crippen LogP contribution in [0.3, 0.4) is 0 Å². The van der Waals surface area contributed by atoms with Gasteiger partial charge in [0.2, 0.25) is 11.4 Å². The van der Waals surface area contributed by atoms with Crippen LogP contribution in [0.1, 0.15) is 79.9 Å². The van der Waals surface area contributed by atoms with E-state index < -0.39 is 28.3 Å². The summed E-state index contributed by atoms with van der Waals surface area (Å²) in [6.07, 6.45) is 4.65. The summed E-state index contributed by atoms with van der Waals surface area (Å²) in [4.78, 5) is 14.2. The van der Waals surface area contributed by atoms with Gasteiger partial charge in [-0.25, -0.2) is 0 Å². The Balaban J connectivity index is 1.49. The van der Waals surface area contributed by atoms with Crippen molar-refractivity contribution in [3.63, 3.8) is 0 Å². The van der Waals surface area contributed by atoms with Crippen molar-refractivity contribution in [2.75, 3.05) is 0 Å². The largest absolute Gasteiger partial charge is 0.508 e. The number of allylic oxidation sites excluding steroid dienone is 3. The molecule has 9 heteroatoms. The van der Waals surface area contributed by atoms with Crippen molar-refractivity contribution < 1.29 is 44.9 Å². The number of benzene rings is 3. The van der Waals surface area contributed by atoms with E-state index in [0.717, 1.165) is 5.57 Å². The Kier molecular flexibility index (Phi) is 6.25. The van der Waals surface area contributed by atoms with Gasteiger partial charge < -0.3 is 40.1 Å². The summed E-state index contributed by atoms with van der Waals surface area (Å²) in [5.74, 6) is -5.00. The van der Waals surface area contributed by atoms with Gasteiger partial charge in [0.05, 0.1) is 5.56 Å². The number of rotatable bonds is 4. The molecule has 3 aromatic carbocycles. The first kappa shape index (κ1) is 28.5. The number of hydrogen-bond acceptors (Lipinski definition) is 9. The zero-order valence-electron chi connectivity index (χ0n) is 24.3. The smallest absolute Gasteiger partial charge is 0.318 e. The number of phenolic OH excluding ortho intramolecular Hbond substituents is 5. The fourth-order valence-electron chi connectivity index (χ4n) is 6.78. The van der Waals surface area contributed by atoms with Gasteiger partial charge in [0.25, 0.3) is 0 Å². The van der Waals surface area contributed by atoms with Gasteiger partial charge in [-0.05, 0) is 67.4 Å². The third-order valence-corrected chi connectivity index (χ3v) is 8.64. The number of aliphatic hydroxyl groups is 1. The maximum Gasteiger partial charge on any atom is 0.318 e. The molecule has 0 aromatic heterocycles. The van der Waals surface area contributed by atoms with E-state index in [1.807, 2.05) is 33.8 Å². The normalized spacial score (nSPS) is 25.0. The summed E-state index contributed by atoms with van der Waals surface area (Å²) in [6, 6.07) is 9.87. The summed E-state index contributed by atoms with van der Waals surface area (Å²) >= 11 is 0. The van der Waals surface area contributed by atoms with Gasteiger partial charge in [0.15, 0.2) is 0 Å². The Morgan fingerprint density at radius 2 is 1.60 bits per heavy atom. The third-order valence-electron chi connectivity index (χ3n) is 8.64. The molecule has 6 N–H and O–H groups in total. The van der Waals surface area contributed by atoms with E-state index in [1.165, 1.54) is 36.4 Å². The molecule has 1 aliphatic carbocycles. The highest BCUT2D eigenvalue weighted by Gasteiger charge is 2.69. The Hall–Kier alpha value is -4.63. The molecular weight excluding hydrogens is 552 g/mol. The van der Waals surface area contributed by atoms with Crippen molar-refractivity contribution in [1.82, 2.24) is 0 Å². The van der Waals surface area contributed by atoms with Crippen molar-refractivity contribution >= 4 is 11.4 Å². The predicted octanol–water partition coefficient (Wildman–Crippen LogP) is 6.11. The molecule has 224 valence electrons. The Morgan fingerprint density at radius 3 is 2.30 bits per heavy atom. The number of ether oxygens (including phenoxy) is 2. The molecule has 43 heavy (non-hydrogen) atoms. The number of carbonyl (C=O) groups is 1. The van der Waals surface area contributed by atoms with Crippen LogP contribution in [0.25, 0.3) is 5.57 Å². The van der Waals surface area contributed by atoms with E-state index >= 15 is 0 Å². The molecule has 2 heterocycles. The molecular formula is C34H34O9. The number of Topliss-reactive ketones (excluding diaryl/α,β-unsaturated/α-hetero) is 1. The maximum atomic E-state index is 14.2. The zero-order valence-corrected chi connectivity index (χ0v) is 24.3. The maximum absolute atomic E-state index is 14.2. The molecule has 0 amide bonds. The molecule has 2 aliphatic heterocycles. The van der Waals surface area contributed by atoms with Crippen molar-refractivity contribution in [2.45, 2.75) is 64.3 Å². The molecule has 0 fully saturated rings. The number of fused-ring (bicyclic) bond motifs is 4. The molecule has 0 spiro atoms. The lowest BCUT2D eigenvalue weighted by molar-refractivity contribution is -0.201. The molecule has 3 aliphatic rings. The first-order chi connectivity index (χ1) is 20.2. The van der Waals surface area contributed by atoms with Gasteiger partial charge in [0, 0.05) is 30.2 Å². The lowest BCUT2D eigenvalue weighted by atomic mass is 9.69. The van der Waals surface area contributed by atoms with Gasteiger partial charge >= 0.3 is 5.79 Å². The minimum Gasteiger partial charge on any atom is -0.508 e. The van der Waals surface area contributed by atoms with Crippen LogP contribution >= 0.6 is 0 Å². The molecule has 0 radical (unpaired) electrons. The number of ketones is 1. The minimum absolute atomic E-state index is 0.0142. The standard InChI is InChI=1S/C34H34O9/c1-17(2)9-10-33-23-8-6-21(36)13-26(23)43-34(33,41)31(40)29-27(42-33)14-25(38)28(30(29)39)19-11-18(15-32(3,4)16-19)22-7-5-20(35)12-24(22)37/h5-9,12-14,16,18,35-39,41H,10-11,15H2,1-4H3. The molecule has 0 saturated heterocycles. The molecule has 3 atom stereocenters. The lowest BCUT2D eigenvalue weighted by Gasteiger charge is -2.43. The average molecular weight is 587 g/mol. The molecule has 9 nitrogen and oxygen atoms in total. The first-order valence-electron chi connectivity index (χ1n) is 14.1. The quantitative estimate of drug-likeness (QED) is 0.199. The fraction of sp³-hybridized carbons (Fsp3) is 0.324. The second kappa shape index (κ2) is 9.44. The second-order valence-corrected chi connectivity index (χ2v) is 12.7. The van der Waals surface area contributed by atoms with Crippen molar-refractivity contribution in [1.29, 1.82) is 0 Å². The predicted molar refractivity (Wildman–Crippen MR) is 158 cm³/mol. The Labute approximate surface area is 248 Å². The van der Waals surface area contributed by atoms with Gasteiger partial charge in [-0.1, -0.05) is 37.6 Å². The van der Waals surface area contributed by atoms with Crippen LogP contribution in [-0.2, 0) is 5.60 Å². The fourth-order valence-corrected chi connectivity index (χ4v) is 6.78. The van der Waals surface area contributed by atoms with Crippen LogP contribution < -0.4 is 9.47 Å². The molecule has 3 aromatic rings. The third kappa shape index (κ3) is 4.29. The number of phenols is 5. The summed E-state index contributed by atoms with van der Waals surface area (Å²) in [5.41, 5.74) is -0.152. The summed E-state index contributed by atoms with van der Waals surface area (Å²) in [5, 5.41) is 65.4. The topological polar surface area (TPSA) is 157 Å². The summed E-state index contributed by atoms with van der Waals surface area (Å²) in [6.45, 7) is 7.68. The number of hydrogen-bond donors (Lipinski definition) is 6. The van der Waals surface area contributed by atoms with Gasteiger partial charge in [-0.15, -0.1) is 0 Å². The van der Waals surface area contributed by atoms with Crippen LogP contribution in [0.2, 0.25) is 0 Å². The first-order valence-corrected chi connectivity index (χ1v) is 14.1. The minimum atomic E-state index is -2.59. The van der Waals surface area contributed by atoms with Crippen molar-refractivity contribution in [3.05, 3.63) is 82.4 Å². The molecule has 0 bridgehead atoms. The molecule has 0 saturated carbocycles. The summed E-state index contributed by atoms with van der Waals surface area (Å²) < 4.78 is 12.2. The molecule has 3 unspecified atom stereocenters. The van der Waals surface area contributed by atoms with Crippen molar-refractivity contribution in [3.8, 4) is 40.2 Å². The van der Waals surface area contributed by atoms with E-state index in [0.29, 0.717) is 29.5 Å². The number of aromatic hydroxyl groups is 5. The van der Waals surface area contributed by atoms with Crippen LogP contribution in [0.15, 0.2) is 60.2 Å². The van der Waals surface area contributed by atoms with Crippen LogP contribution in [0.4, 0.5) is 0 Å². The van der Waals surface area contributed by atoms with Gasteiger partial charge in [-0.3, -0.25) is 4.79 Å². The van der Waals surface area contributed by atoms with Crippen LogP contribution in [0.5, 0.6) is 40.2 Å².